The van der Waals surface area contributed by atoms with Crippen LogP contribution >= 0.6 is 15.9 Å². The largest absolute Gasteiger partial charge is 0.264 e. The van der Waals surface area contributed by atoms with E-state index in [-0.39, 0.29) is 28.4 Å². The molecular weight excluding hydrogens is 500 g/mol. The molecule has 1 unspecified atom stereocenters. The number of anilines is 1. The van der Waals surface area contributed by atoms with E-state index in [4.69, 9.17) is 5.26 Å². The Hall–Kier alpha value is -1.89. The Morgan fingerprint density at radius 3 is 2.29 bits per heavy atom. The van der Waals surface area contributed by atoms with Crippen molar-refractivity contribution in [2.45, 2.75) is 42.0 Å². The van der Waals surface area contributed by atoms with Crippen molar-refractivity contribution in [2.24, 2.45) is 5.92 Å². The van der Waals surface area contributed by atoms with Gasteiger partial charge in [0.05, 0.1) is 39.8 Å². The highest BCUT2D eigenvalue weighted by Crippen LogP contribution is 2.59. The zero-order valence-electron chi connectivity index (χ0n) is 16.7. The quantitative estimate of drug-likeness (QED) is 0.613. The smallest absolute Gasteiger partial charge is 0.262 e. The summed E-state index contributed by atoms with van der Waals surface area (Å²) in [4.78, 5) is 0.145. The molecule has 0 bridgehead atoms. The SMILES string of the molecule is N#Cc1ccc(S(=O)(=O)N2c3ccc(Br)cc3C3(CCS(=O)(=O)CC3)C2C2CC2)cc1. The van der Waals surface area contributed by atoms with Crippen molar-refractivity contribution in [3.63, 3.8) is 0 Å². The topological polar surface area (TPSA) is 95.3 Å². The van der Waals surface area contributed by atoms with Crippen molar-refractivity contribution < 1.29 is 16.8 Å². The van der Waals surface area contributed by atoms with Gasteiger partial charge in [-0.3, -0.25) is 4.31 Å². The lowest BCUT2D eigenvalue weighted by molar-refractivity contribution is 0.308. The van der Waals surface area contributed by atoms with E-state index in [1.807, 2.05) is 24.3 Å². The van der Waals surface area contributed by atoms with Crippen LogP contribution in [0, 0.1) is 17.2 Å². The van der Waals surface area contributed by atoms with Crippen LogP contribution in [0.2, 0.25) is 0 Å². The third-order valence-electron chi connectivity index (χ3n) is 6.88. The van der Waals surface area contributed by atoms with E-state index in [1.54, 1.807) is 4.31 Å². The standard InChI is InChI=1S/C22H21BrN2O4S2/c23-17-5-8-20-19(13-17)22(9-11-30(26,27)12-10-22)21(16-3-4-16)25(20)31(28,29)18-6-1-15(14-24)2-7-18/h1-2,5-8,13,16,21H,3-4,9-12H2. The van der Waals surface area contributed by atoms with Crippen LogP contribution in [0.4, 0.5) is 5.69 Å². The van der Waals surface area contributed by atoms with Crippen LogP contribution in [-0.4, -0.2) is 34.4 Å². The molecule has 5 rings (SSSR count). The number of nitrogens with zero attached hydrogens (tertiary/aromatic N) is 2. The molecule has 2 fully saturated rings. The minimum atomic E-state index is -3.89. The number of hydrogen-bond acceptors (Lipinski definition) is 5. The first kappa shape index (κ1) is 21.0. The first-order valence-electron chi connectivity index (χ1n) is 10.2. The average molecular weight is 521 g/mol. The number of nitriles is 1. The molecule has 31 heavy (non-hydrogen) atoms. The Labute approximate surface area is 191 Å². The maximum absolute atomic E-state index is 13.9. The summed E-state index contributed by atoms with van der Waals surface area (Å²) in [5.74, 6) is 0.361. The van der Waals surface area contributed by atoms with E-state index in [0.717, 1.165) is 22.9 Å². The van der Waals surface area contributed by atoms with Gasteiger partial charge in [-0.05, 0) is 79.6 Å². The number of benzene rings is 2. The van der Waals surface area contributed by atoms with E-state index in [0.29, 0.717) is 24.1 Å². The van der Waals surface area contributed by atoms with Crippen LogP contribution in [0.25, 0.3) is 0 Å². The molecule has 0 N–H and O–H groups in total. The third kappa shape index (κ3) is 3.31. The van der Waals surface area contributed by atoms with Crippen LogP contribution in [0.1, 0.15) is 36.8 Å². The van der Waals surface area contributed by atoms with Crippen molar-refractivity contribution in [3.8, 4) is 6.07 Å². The van der Waals surface area contributed by atoms with Gasteiger partial charge in [-0.2, -0.15) is 5.26 Å². The molecule has 6 nitrogen and oxygen atoms in total. The summed E-state index contributed by atoms with van der Waals surface area (Å²) in [6, 6.07) is 13.3. The maximum atomic E-state index is 13.9. The monoisotopic (exact) mass is 520 g/mol. The molecule has 162 valence electrons. The second-order valence-corrected chi connectivity index (χ2v) is 13.7. The summed E-state index contributed by atoms with van der Waals surface area (Å²) in [7, 11) is -7.00. The van der Waals surface area contributed by atoms with E-state index < -0.39 is 25.3 Å². The van der Waals surface area contributed by atoms with Gasteiger partial charge in [0.1, 0.15) is 9.84 Å². The van der Waals surface area contributed by atoms with Gasteiger partial charge in [0, 0.05) is 9.89 Å². The summed E-state index contributed by atoms with van der Waals surface area (Å²) in [5.41, 5.74) is 1.46. The van der Waals surface area contributed by atoms with Gasteiger partial charge in [0.15, 0.2) is 0 Å². The molecule has 1 atom stereocenters. The summed E-state index contributed by atoms with van der Waals surface area (Å²) in [6.07, 6.45) is 2.74. The van der Waals surface area contributed by atoms with Crippen LogP contribution < -0.4 is 4.31 Å². The average Bonchev–Trinajstić information content (AvgIpc) is 3.54. The number of sulfonamides is 1. The fourth-order valence-electron chi connectivity index (χ4n) is 5.25. The number of rotatable bonds is 3. The predicted octanol–water partition coefficient (Wildman–Crippen LogP) is 3.75. The number of hydrogen-bond donors (Lipinski definition) is 0. The van der Waals surface area contributed by atoms with Crippen molar-refractivity contribution in [3.05, 3.63) is 58.1 Å². The molecular formula is C22H21BrN2O4S2. The molecule has 0 radical (unpaired) electrons. The highest BCUT2D eigenvalue weighted by molar-refractivity contribution is 9.10. The van der Waals surface area contributed by atoms with E-state index >= 15 is 0 Å². The summed E-state index contributed by atoms with van der Waals surface area (Å²) >= 11 is 3.52. The highest BCUT2D eigenvalue weighted by Gasteiger charge is 2.60. The zero-order valence-corrected chi connectivity index (χ0v) is 19.9. The van der Waals surface area contributed by atoms with Crippen LogP contribution in [-0.2, 0) is 25.3 Å². The lowest BCUT2D eigenvalue weighted by Gasteiger charge is -2.41. The molecule has 2 aliphatic heterocycles. The molecule has 2 aromatic rings. The van der Waals surface area contributed by atoms with Crippen molar-refractivity contribution in [2.75, 3.05) is 15.8 Å². The zero-order chi connectivity index (χ0) is 22.0. The number of fused-ring (bicyclic) bond motifs is 2. The third-order valence-corrected chi connectivity index (χ3v) is 10.8. The molecule has 2 aromatic carbocycles. The highest BCUT2D eigenvalue weighted by atomic mass is 79.9. The fourth-order valence-corrected chi connectivity index (χ4v) is 8.96. The van der Waals surface area contributed by atoms with E-state index in [2.05, 4.69) is 15.9 Å². The maximum Gasteiger partial charge on any atom is 0.264 e. The van der Waals surface area contributed by atoms with Gasteiger partial charge in [-0.25, -0.2) is 16.8 Å². The Morgan fingerprint density at radius 1 is 1.06 bits per heavy atom. The molecule has 1 spiro atoms. The Balaban J connectivity index is 1.69. The van der Waals surface area contributed by atoms with E-state index in [9.17, 15) is 16.8 Å². The fraction of sp³-hybridized carbons (Fsp3) is 0.409. The molecule has 1 saturated heterocycles. The number of sulfone groups is 1. The van der Waals surface area contributed by atoms with Crippen LogP contribution in [0.3, 0.4) is 0 Å². The molecule has 1 saturated carbocycles. The van der Waals surface area contributed by atoms with Crippen molar-refractivity contribution in [1.82, 2.24) is 0 Å². The first-order chi connectivity index (χ1) is 14.7. The number of halogens is 1. The van der Waals surface area contributed by atoms with Crippen molar-refractivity contribution in [1.29, 1.82) is 5.26 Å². The first-order valence-corrected chi connectivity index (χ1v) is 14.3. The van der Waals surface area contributed by atoms with Gasteiger partial charge in [0.2, 0.25) is 0 Å². The van der Waals surface area contributed by atoms with Crippen LogP contribution in [0.15, 0.2) is 51.8 Å². The summed E-state index contributed by atoms with van der Waals surface area (Å²) < 4.78 is 54.7. The lowest BCUT2D eigenvalue weighted by atomic mass is 9.70. The van der Waals surface area contributed by atoms with Gasteiger partial charge >= 0.3 is 0 Å². The Bertz CT molecular complexity index is 1300. The van der Waals surface area contributed by atoms with Gasteiger partial charge in [-0.15, -0.1) is 0 Å². The van der Waals surface area contributed by atoms with Crippen molar-refractivity contribution >= 4 is 41.5 Å². The normalized spacial score (nSPS) is 24.0. The summed E-state index contributed by atoms with van der Waals surface area (Å²) in [6.45, 7) is 0. The lowest BCUT2D eigenvalue weighted by Crippen LogP contribution is -2.52. The minimum absolute atomic E-state index is 0.0763. The molecule has 3 aliphatic rings. The molecule has 0 aromatic heterocycles. The predicted molar refractivity (Wildman–Crippen MR) is 121 cm³/mol. The van der Waals surface area contributed by atoms with E-state index in [1.165, 1.54) is 24.3 Å². The minimum Gasteiger partial charge on any atom is -0.262 e. The molecule has 9 heteroatoms. The Morgan fingerprint density at radius 2 is 1.71 bits per heavy atom. The second-order valence-electron chi connectivity index (χ2n) is 8.69. The van der Waals surface area contributed by atoms with Crippen LogP contribution in [0.5, 0.6) is 0 Å². The van der Waals surface area contributed by atoms with Gasteiger partial charge in [-0.1, -0.05) is 15.9 Å². The van der Waals surface area contributed by atoms with Gasteiger partial charge < -0.3 is 0 Å². The van der Waals surface area contributed by atoms with Gasteiger partial charge in [0.25, 0.3) is 10.0 Å². The molecule has 0 amide bonds. The Kier molecular flexibility index (Phi) is 4.78. The second kappa shape index (κ2) is 7.06. The molecule has 1 aliphatic carbocycles. The summed E-state index contributed by atoms with van der Waals surface area (Å²) in [5, 5.41) is 9.07. The molecule has 2 heterocycles.